The van der Waals surface area contributed by atoms with Crippen LogP contribution in [0.1, 0.15) is 29.8 Å². The predicted octanol–water partition coefficient (Wildman–Crippen LogP) is 2.16. The van der Waals surface area contributed by atoms with Gasteiger partial charge in [0.1, 0.15) is 18.1 Å². The van der Waals surface area contributed by atoms with Crippen molar-refractivity contribution in [2.24, 2.45) is 0 Å². The first kappa shape index (κ1) is 11.8. The molecule has 0 unspecified atom stereocenters. The van der Waals surface area contributed by atoms with Crippen molar-refractivity contribution in [3.05, 3.63) is 29.3 Å². The number of hydrogen-bond acceptors (Lipinski definition) is 3. The zero-order valence-electron chi connectivity index (χ0n) is 9.15. The fourth-order valence-electron chi connectivity index (χ4n) is 1.10. The van der Waals surface area contributed by atoms with E-state index in [0.29, 0.717) is 23.2 Å². The van der Waals surface area contributed by atoms with Crippen LogP contribution in [0.2, 0.25) is 0 Å². The molecule has 1 aromatic rings. The summed E-state index contributed by atoms with van der Waals surface area (Å²) >= 11 is 0. The monoisotopic (exact) mass is 213 g/mol. The largest absolute Gasteiger partial charge is 0.474 e. The third kappa shape index (κ3) is 2.62. The van der Waals surface area contributed by atoms with Crippen molar-refractivity contribution in [3.63, 3.8) is 0 Å². The minimum Gasteiger partial charge on any atom is -0.474 e. The number of carbonyl (C=O) groups excluding carboxylic acids is 1. The molecule has 0 heterocycles. The SMILES string of the molecule is C#CC(C)(C)Oc1ccc(C=O)cc1C#N. The molecule has 0 spiro atoms. The van der Waals surface area contributed by atoms with E-state index in [9.17, 15) is 4.79 Å². The van der Waals surface area contributed by atoms with Gasteiger partial charge in [0.25, 0.3) is 0 Å². The van der Waals surface area contributed by atoms with E-state index in [1.54, 1.807) is 26.0 Å². The van der Waals surface area contributed by atoms with Crippen LogP contribution < -0.4 is 4.74 Å². The topological polar surface area (TPSA) is 50.1 Å². The average molecular weight is 213 g/mol. The fourth-order valence-corrected chi connectivity index (χ4v) is 1.10. The minimum atomic E-state index is -0.783. The summed E-state index contributed by atoms with van der Waals surface area (Å²) < 4.78 is 5.50. The van der Waals surface area contributed by atoms with Gasteiger partial charge < -0.3 is 4.74 Å². The molecule has 0 saturated heterocycles. The van der Waals surface area contributed by atoms with Crippen molar-refractivity contribution in [2.75, 3.05) is 0 Å². The van der Waals surface area contributed by atoms with Gasteiger partial charge in [0.05, 0.1) is 5.56 Å². The van der Waals surface area contributed by atoms with Gasteiger partial charge in [-0.25, -0.2) is 0 Å². The van der Waals surface area contributed by atoms with Crippen molar-refractivity contribution in [1.82, 2.24) is 0 Å². The summed E-state index contributed by atoms with van der Waals surface area (Å²) in [6, 6.07) is 6.58. The van der Waals surface area contributed by atoms with Crippen molar-refractivity contribution < 1.29 is 9.53 Å². The third-order valence-electron chi connectivity index (χ3n) is 1.97. The van der Waals surface area contributed by atoms with Crippen LogP contribution in [0.25, 0.3) is 0 Å². The van der Waals surface area contributed by atoms with E-state index in [0.717, 1.165) is 0 Å². The van der Waals surface area contributed by atoms with Crippen molar-refractivity contribution in [3.8, 4) is 24.2 Å². The lowest BCUT2D eigenvalue weighted by Crippen LogP contribution is -2.25. The van der Waals surface area contributed by atoms with Crippen LogP contribution in [0.15, 0.2) is 18.2 Å². The number of nitrogens with zero attached hydrogens (tertiary/aromatic N) is 1. The van der Waals surface area contributed by atoms with Crippen LogP contribution in [0.3, 0.4) is 0 Å². The average Bonchev–Trinajstić information content (AvgIpc) is 2.29. The molecule has 1 rings (SSSR count). The molecular weight excluding hydrogens is 202 g/mol. The van der Waals surface area contributed by atoms with Crippen molar-refractivity contribution in [1.29, 1.82) is 5.26 Å². The summed E-state index contributed by atoms with van der Waals surface area (Å²) in [5.74, 6) is 2.85. The summed E-state index contributed by atoms with van der Waals surface area (Å²) in [5, 5.41) is 8.91. The van der Waals surface area contributed by atoms with Crippen molar-refractivity contribution in [2.45, 2.75) is 19.4 Å². The second-order valence-electron chi connectivity index (χ2n) is 3.74. The second-order valence-corrected chi connectivity index (χ2v) is 3.74. The Morgan fingerprint density at radius 2 is 2.19 bits per heavy atom. The Labute approximate surface area is 94.7 Å². The summed E-state index contributed by atoms with van der Waals surface area (Å²) in [6.45, 7) is 3.45. The molecule has 0 aliphatic rings. The highest BCUT2D eigenvalue weighted by atomic mass is 16.5. The summed E-state index contributed by atoms with van der Waals surface area (Å²) in [5.41, 5.74) is -0.0516. The zero-order valence-corrected chi connectivity index (χ0v) is 9.15. The molecule has 0 aromatic heterocycles. The molecule has 0 aliphatic carbocycles. The van der Waals surface area contributed by atoms with Crippen molar-refractivity contribution >= 4 is 6.29 Å². The molecule has 0 radical (unpaired) electrons. The van der Waals surface area contributed by atoms with Gasteiger partial charge in [-0.15, -0.1) is 6.42 Å². The summed E-state index contributed by atoms with van der Waals surface area (Å²) in [4.78, 5) is 10.5. The van der Waals surface area contributed by atoms with E-state index < -0.39 is 5.60 Å². The molecule has 0 amide bonds. The van der Waals surface area contributed by atoms with E-state index in [4.69, 9.17) is 16.4 Å². The lowest BCUT2D eigenvalue weighted by atomic mass is 10.1. The molecule has 0 bridgehead atoms. The van der Waals surface area contributed by atoms with Gasteiger partial charge in [-0.05, 0) is 32.0 Å². The molecule has 3 heteroatoms. The highest BCUT2D eigenvalue weighted by molar-refractivity contribution is 5.76. The molecule has 0 N–H and O–H groups in total. The zero-order chi connectivity index (χ0) is 12.2. The number of hydrogen-bond donors (Lipinski definition) is 0. The Balaban J connectivity index is 3.12. The Morgan fingerprint density at radius 1 is 1.50 bits per heavy atom. The van der Waals surface area contributed by atoms with Crippen LogP contribution in [0.4, 0.5) is 0 Å². The summed E-state index contributed by atoms with van der Waals surface area (Å²) in [6.07, 6.45) is 5.97. The van der Waals surface area contributed by atoms with Crippen LogP contribution in [-0.2, 0) is 0 Å². The maximum absolute atomic E-state index is 10.5. The Bertz CT molecular complexity index is 490. The maximum Gasteiger partial charge on any atom is 0.163 e. The lowest BCUT2D eigenvalue weighted by molar-refractivity contribution is 0.112. The van der Waals surface area contributed by atoms with E-state index in [1.165, 1.54) is 6.07 Å². The van der Waals surface area contributed by atoms with Gasteiger partial charge in [-0.2, -0.15) is 5.26 Å². The van der Waals surface area contributed by atoms with Crippen LogP contribution in [0, 0.1) is 23.7 Å². The summed E-state index contributed by atoms with van der Waals surface area (Å²) in [7, 11) is 0. The Morgan fingerprint density at radius 3 is 2.69 bits per heavy atom. The molecule has 16 heavy (non-hydrogen) atoms. The van der Waals surface area contributed by atoms with Crippen LogP contribution >= 0.6 is 0 Å². The maximum atomic E-state index is 10.5. The van der Waals surface area contributed by atoms with E-state index in [2.05, 4.69) is 5.92 Å². The number of ether oxygens (including phenoxy) is 1. The van der Waals surface area contributed by atoms with E-state index >= 15 is 0 Å². The standard InChI is InChI=1S/C13H11NO2/c1-4-13(2,3)16-12-6-5-10(9-15)7-11(12)8-14/h1,5-7,9H,2-3H3. The highest BCUT2D eigenvalue weighted by Crippen LogP contribution is 2.23. The van der Waals surface area contributed by atoms with E-state index in [1.807, 2.05) is 6.07 Å². The number of rotatable bonds is 3. The predicted molar refractivity (Wildman–Crippen MR) is 60.1 cm³/mol. The molecule has 0 saturated carbocycles. The molecule has 3 nitrogen and oxygen atoms in total. The van der Waals surface area contributed by atoms with Gasteiger partial charge in [0.2, 0.25) is 0 Å². The molecule has 80 valence electrons. The minimum absolute atomic E-state index is 0.299. The number of carbonyl (C=O) groups is 1. The number of terminal acetylenes is 1. The third-order valence-corrected chi connectivity index (χ3v) is 1.97. The molecular formula is C13H11NO2. The van der Waals surface area contributed by atoms with Gasteiger partial charge in [0.15, 0.2) is 5.60 Å². The molecule has 0 fully saturated rings. The number of benzene rings is 1. The van der Waals surface area contributed by atoms with Gasteiger partial charge in [0, 0.05) is 5.56 Å². The number of nitriles is 1. The second kappa shape index (κ2) is 4.51. The highest BCUT2D eigenvalue weighted by Gasteiger charge is 2.17. The van der Waals surface area contributed by atoms with Gasteiger partial charge in [-0.3, -0.25) is 4.79 Å². The smallest absolute Gasteiger partial charge is 0.163 e. The Hall–Kier alpha value is -2.26. The van der Waals surface area contributed by atoms with E-state index in [-0.39, 0.29) is 0 Å². The molecule has 0 atom stereocenters. The van der Waals surface area contributed by atoms with Gasteiger partial charge >= 0.3 is 0 Å². The number of aldehydes is 1. The lowest BCUT2D eigenvalue weighted by Gasteiger charge is -2.20. The Kier molecular flexibility index (Phi) is 3.33. The van der Waals surface area contributed by atoms with Gasteiger partial charge in [-0.1, -0.05) is 5.92 Å². The fraction of sp³-hybridized carbons (Fsp3) is 0.231. The normalized spacial score (nSPS) is 10.0. The van der Waals surface area contributed by atoms with Crippen LogP contribution in [0.5, 0.6) is 5.75 Å². The molecule has 0 aliphatic heterocycles. The first-order valence-electron chi connectivity index (χ1n) is 4.68. The quantitative estimate of drug-likeness (QED) is 0.571. The first-order valence-corrected chi connectivity index (χ1v) is 4.68. The first-order chi connectivity index (χ1) is 7.52. The van der Waals surface area contributed by atoms with Crippen LogP contribution in [-0.4, -0.2) is 11.9 Å². The molecule has 1 aromatic carbocycles.